The fraction of sp³-hybridized carbons (Fsp3) is 0.259. The number of nitrogens with zero attached hydrogens (tertiary/aromatic N) is 3. The molecule has 0 bridgehead atoms. The van der Waals surface area contributed by atoms with Crippen molar-refractivity contribution in [3.05, 3.63) is 89.7 Å². The molecule has 0 radical (unpaired) electrons. The van der Waals surface area contributed by atoms with Gasteiger partial charge in [0.2, 0.25) is 0 Å². The van der Waals surface area contributed by atoms with E-state index in [4.69, 9.17) is 4.74 Å². The third kappa shape index (κ3) is 5.96. The summed E-state index contributed by atoms with van der Waals surface area (Å²) >= 11 is 0. The summed E-state index contributed by atoms with van der Waals surface area (Å²) in [6, 6.07) is 20.4. The highest BCUT2D eigenvalue weighted by Gasteiger charge is 2.27. The lowest BCUT2D eigenvalue weighted by Crippen LogP contribution is -2.53. The molecule has 1 fully saturated rings. The van der Waals surface area contributed by atoms with Gasteiger partial charge in [0.15, 0.2) is 0 Å². The van der Waals surface area contributed by atoms with Gasteiger partial charge in [0.05, 0.1) is 0 Å². The molecule has 0 saturated carbocycles. The fourth-order valence-electron chi connectivity index (χ4n) is 4.19. The van der Waals surface area contributed by atoms with Crippen LogP contribution in [0.25, 0.3) is 0 Å². The molecule has 0 aliphatic carbocycles. The van der Waals surface area contributed by atoms with Gasteiger partial charge in [-0.3, -0.25) is 9.69 Å². The summed E-state index contributed by atoms with van der Waals surface area (Å²) in [5.74, 6) is 0.364. The number of carbonyl (C=O) groups excluding carboxylic acids is 1. The van der Waals surface area contributed by atoms with Gasteiger partial charge in [-0.25, -0.2) is 9.18 Å². The standard InChI is InChI=1S/C27H28FN3O4/c1-19-17-30(14-15-31(19)27(33)34)18-20-6-10-23(11-7-20)29(2)26(32)21-8-12-24(13-9-21)35-25-5-3-4-22(28)16-25/h3-13,16,19H,14-15,17-18H2,1-2H3,(H,33,34)/t19-/m0/s1. The summed E-state index contributed by atoms with van der Waals surface area (Å²) in [5.41, 5.74) is 2.38. The number of halogens is 1. The largest absolute Gasteiger partial charge is 0.465 e. The van der Waals surface area contributed by atoms with Crippen molar-refractivity contribution in [3.63, 3.8) is 0 Å². The van der Waals surface area contributed by atoms with Crippen molar-refractivity contribution in [2.45, 2.75) is 19.5 Å². The third-order valence-corrected chi connectivity index (χ3v) is 6.12. The Kier molecular flexibility index (Phi) is 7.31. The number of hydrogen-bond acceptors (Lipinski definition) is 4. The van der Waals surface area contributed by atoms with E-state index in [1.807, 2.05) is 31.2 Å². The second-order valence-electron chi connectivity index (χ2n) is 8.67. The number of carboxylic acid groups (broad SMARTS) is 1. The van der Waals surface area contributed by atoms with Gasteiger partial charge in [0.25, 0.3) is 5.91 Å². The topological polar surface area (TPSA) is 73.3 Å². The fourth-order valence-corrected chi connectivity index (χ4v) is 4.19. The van der Waals surface area contributed by atoms with Gasteiger partial charge in [-0.15, -0.1) is 0 Å². The number of rotatable bonds is 6. The molecule has 35 heavy (non-hydrogen) atoms. The number of benzene rings is 3. The highest BCUT2D eigenvalue weighted by molar-refractivity contribution is 6.05. The van der Waals surface area contributed by atoms with E-state index in [9.17, 15) is 19.1 Å². The van der Waals surface area contributed by atoms with Gasteiger partial charge >= 0.3 is 6.09 Å². The zero-order chi connectivity index (χ0) is 24.9. The minimum Gasteiger partial charge on any atom is -0.465 e. The van der Waals surface area contributed by atoms with E-state index in [2.05, 4.69) is 4.90 Å². The molecular formula is C27H28FN3O4. The van der Waals surface area contributed by atoms with Gasteiger partial charge in [0.1, 0.15) is 17.3 Å². The summed E-state index contributed by atoms with van der Waals surface area (Å²) < 4.78 is 19.0. The van der Waals surface area contributed by atoms with E-state index >= 15 is 0 Å². The molecular weight excluding hydrogens is 449 g/mol. The predicted octanol–water partition coefficient (Wildman–Crippen LogP) is 5.08. The Morgan fingerprint density at radius 3 is 2.37 bits per heavy atom. The van der Waals surface area contributed by atoms with Gasteiger partial charge in [0, 0.05) is 56.6 Å². The summed E-state index contributed by atoms with van der Waals surface area (Å²) in [4.78, 5) is 29.5. The highest BCUT2D eigenvalue weighted by Crippen LogP contribution is 2.24. The SMILES string of the molecule is C[C@H]1CN(Cc2ccc(N(C)C(=O)c3ccc(Oc4cccc(F)c4)cc3)cc2)CCN1C(=O)O. The van der Waals surface area contributed by atoms with Crippen LogP contribution >= 0.6 is 0 Å². The van der Waals surface area contributed by atoms with Crippen LogP contribution < -0.4 is 9.64 Å². The first-order valence-electron chi connectivity index (χ1n) is 11.4. The van der Waals surface area contributed by atoms with Crippen molar-refractivity contribution in [1.82, 2.24) is 9.80 Å². The maximum absolute atomic E-state index is 13.3. The molecule has 1 atom stereocenters. The van der Waals surface area contributed by atoms with Crippen molar-refractivity contribution in [2.75, 3.05) is 31.6 Å². The van der Waals surface area contributed by atoms with Crippen LogP contribution in [0.3, 0.4) is 0 Å². The van der Waals surface area contributed by atoms with E-state index in [1.54, 1.807) is 48.3 Å². The summed E-state index contributed by atoms with van der Waals surface area (Å²) in [6.07, 6.45) is -0.872. The van der Waals surface area contributed by atoms with E-state index < -0.39 is 6.09 Å². The molecule has 0 unspecified atom stereocenters. The van der Waals surface area contributed by atoms with Crippen LogP contribution in [0, 0.1) is 5.82 Å². The molecule has 1 saturated heterocycles. The molecule has 4 rings (SSSR count). The summed E-state index contributed by atoms with van der Waals surface area (Å²) in [6.45, 7) is 4.52. The Hall–Kier alpha value is -3.91. The smallest absolute Gasteiger partial charge is 0.407 e. The van der Waals surface area contributed by atoms with Crippen molar-refractivity contribution in [1.29, 1.82) is 0 Å². The first-order chi connectivity index (χ1) is 16.8. The number of carbonyl (C=O) groups is 2. The van der Waals surface area contributed by atoms with Crippen molar-refractivity contribution < 1.29 is 23.8 Å². The molecule has 3 aromatic carbocycles. The van der Waals surface area contributed by atoms with E-state index in [1.165, 1.54) is 17.0 Å². The summed E-state index contributed by atoms with van der Waals surface area (Å²) in [5, 5.41) is 9.23. The molecule has 7 nitrogen and oxygen atoms in total. The van der Waals surface area contributed by atoms with Gasteiger partial charge in [-0.05, 0) is 61.0 Å². The Balaban J connectivity index is 1.34. The van der Waals surface area contributed by atoms with E-state index in [0.29, 0.717) is 36.7 Å². The third-order valence-electron chi connectivity index (χ3n) is 6.12. The number of ether oxygens (including phenoxy) is 1. The quantitative estimate of drug-likeness (QED) is 0.536. The average Bonchev–Trinajstić information content (AvgIpc) is 2.84. The zero-order valence-corrected chi connectivity index (χ0v) is 19.7. The average molecular weight is 478 g/mol. The monoisotopic (exact) mass is 477 g/mol. The minimum atomic E-state index is -0.872. The Morgan fingerprint density at radius 2 is 1.74 bits per heavy atom. The highest BCUT2D eigenvalue weighted by atomic mass is 19.1. The van der Waals surface area contributed by atoms with Crippen molar-refractivity contribution in [2.24, 2.45) is 0 Å². The normalized spacial score (nSPS) is 16.1. The van der Waals surface area contributed by atoms with Crippen LogP contribution in [0.15, 0.2) is 72.8 Å². The number of hydrogen-bond donors (Lipinski definition) is 1. The molecule has 8 heteroatoms. The maximum atomic E-state index is 13.3. The number of amides is 2. The second kappa shape index (κ2) is 10.6. The van der Waals surface area contributed by atoms with Crippen LogP contribution in [-0.2, 0) is 6.54 Å². The molecule has 182 valence electrons. The lowest BCUT2D eigenvalue weighted by Gasteiger charge is -2.38. The van der Waals surface area contributed by atoms with Crippen LogP contribution in [0.2, 0.25) is 0 Å². The summed E-state index contributed by atoms with van der Waals surface area (Å²) in [7, 11) is 1.72. The Bertz CT molecular complexity index is 1180. The maximum Gasteiger partial charge on any atom is 0.407 e. The van der Waals surface area contributed by atoms with Gasteiger partial charge in [-0.2, -0.15) is 0 Å². The zero-order valence-electron chi connectivity index (χ0n) is 19.7. The molecule has 0 spiro atoms. The predicted molar refractivity (Wildman–Crippen MR) is 132 cm³/mol. The molecule has 3 aromatic rings. The lowest BCUT2D eigenvalue weighted by atomic mass is 10.1. The van der Waals surface area contributed by atoms with Crippen molar-refractivity contribution >= 4 is 17.7 Å². The van der Waals surface area contributed by atoms with Crippen molar-refractivity contribution in [3.8, 4) is 11.5 Å². The van der Waals surface area contributed by atoms with Gasteiger partial charge < -0.3 is 19.6 Å². The lowest BCUT2D eigenvalue weighted by molar-refractivity contribution is 0.0711. The molecule has 1 N–H and O–H groups in total. The Morgan fingerprint density at radius 1 is 1.03 bits per heavy atom. The second-order valence-corrected chi connectivity index (χ2v) is 8.67. The van der Waals surface area contributed by atoms with E-state index in [-0.39, 0.29) is 17.8 Å². The molecule has 1 aliphatic heterocycles. The first-order valence-corrected chi connectivity index (χ1v) is 11.4. The van der Waals surface area contributed by atoms with Gasteiger partial charge in [-0.1, -0.05) is 18.2 Å². The van der Waals surface area contributed by atoms with Crippen LogP contribution in [-0.4, -0.2) is 59.6 Å². The van der Waals surface area contributed by atoms with E-state index in [0.717, 1.165) is 17.8 Å². The van der Waals surface area contributed by atoms with Crippen LogP contribution in [0.4, 0.5) is 14.9 Å². The molecule has 2 amide bonds. The Labute approximate surface area is 204 Å². The molecule has 1 heterocycles. The molecule has 0 aromatic heterocycles. The number of piperazine rings is 1. The first kappa shape index (κ1) is 24.2. The minimum absolute atomic E-state index is 0.0464. The number of anilines is 1. The molecule has 1 aliphatic rings. The van der Waals surface area contributed by atoms with Crippen LogP contribution in [0.5, 0.6) is 11.5 Å². The van der Waals surface area contributed by atoms with Crippen LogP contribution in [0.1, 0.15) is 22.8 Å².